The number of hydrogen-bond acceptors (Lipinski definition) is 0. The van der Waals surface area contributed by atoms with Crippen LogP contribution in [0.15, 0.2) is 0 Å². The van der Waals surface area contributed by atoms with E-state index in [-0.39, 0.29) is 19.5 Å². The molecule has 0 radical (unpaired) electrons. The van der Waals surface area contributed by atoms with Crippen LogP contribution in [-0.2, 0) is 19.5 Å². The molecule has 0 aromatic carbocycles. The Bertz CT molecular complexity index is 41.5. The minimum atomic E-state index is 0. The molecular formula is C6H12N3Zn-. The number of nitrogens with zero attached hydrogens (tertiary/aromatic N) is 3. The fourth-order valence-corrected chi connectivity index (χ4v) is 0.760. The molecule has 10 heavy (non-hydrogen) atoms. The van der Waals surface area contributed by atoms with Crippen LogP contribution in [-0.4, -0.2) is 39.3 Å². The molecule has 0 spiro atoms. The molecule has 3 nitrogen and oxygen atoms in total. The van der Waals surface area contributed by atoms with E-state index < -0.39 is 0 Å². The third kappa shape index (κ3) is 5.30. The summed E-state index contributed by atoms with van der Waals surface area (Å²) in [5, 5.41) is 12.6. The van der Waals surface area contributed by atoms with Crippen molar-refractivity contribution < 1.29 is 19.5 Å². The van der Waals surface area contributed by atoms with Crippen molar-refractivity contribution in [2.24, 2.45) is 0 Å². The van der Waals surface area contributed by atoms with Crippen molar-refractivity contribution in [2.75, 3.05) is 39.3 Å². The van der Waals surface area contributed by atoms with Crippen LogP contribution >= 0.6 is 0 Å². The van der Waals surface area contributed by atoms with E-state index in [1.165, 1.54) is 0 Å². The summed E-state index contributed by atoms with van der Waals surface area (Å²) in [6.45, 7) is 5.39. The zero-order chi connectivity index (χ0) is 6.36. The van der Waals surface area contributed by atoms with Gasteiger partial charge in [-0.25, -0.2) is 0 Å². The Morgan fingerprint density at radius 2 is 0.700 bits per heavy atom. The smallest absolute Gasteiger partial charge is 0.665 e. The Balaban J connectivity index is 0.000000810. The second kappa shape index (κ2) is 7.61. The van der Waals surface area contributed by atoms with Gasteiger partial charge < -0.3 is 16.0 Å². The molecule has 1 saturated heterocycles. The average Bonchev–Trinajstić information content (AvgIpc) is 2.00. The number of rotatable bonds is 0. The Kier molecular flexibility index (Phi) is 7.99. The van der Waals surface area contributed by atoms with E-state index in [1.807, 2.05) is 0 Å². The molecule has 0 bridgehead atoms. The summed E-state index contributed by atoms with van der Waals surface area (Å²) in [4.78, 5) is 0. The molecule has 0 aromatic rings. The Hall–Kier alpha value is 0.503. The van der Waals surface area contributed by atoms with Crippen molar-refractivity contribution in [3.8, 4) is 0 Å². The molecule has 0 N–H and O–H groups in total. The first-order chi connectivity index (χ1) is 4.50. The van der Waals surface area contributed by atoms with Crippen LogP contribution in [0, 0.1) is 0 Å². The van der Waals surface area contributed by atoms with Gasteiger partial charge in [0, 0.05) is 0 Å². The van der Waals surface area contributed by atoms with E-state index in [0.29, 0.717) is 0 Å². The summed E-state index contributed by atoms with van der Waals surface area (Å²) in [5.41, 5.74) is 0. The van der Waals surface area contributed by atoms with Crippen molar-refractivity contribution in [1.29, 1.82) is 0 Å². The maximum atomic E-state index is 4.20. The molecular weight excluding hydrogens is 179 g/mol. The first-order valence-electron chi connectivity index (χ1n) is 3.40. The maximum absolute atomic E-state index is 4.20. The molecule has 1 aliphatic rings. The third-order valence-electron chi connectivity index (χ3n) is 1.25. The summed E-state index contributed by atoms with van der Waals surface area (Å²) in [6.07, 6.45) is 0. The Morgan fingerprint density at radius 1 is 0.500 bits per heavy atom. The van der Waals surface area contributed by atoms with Gasteiger partial charge >= 0.3 is 19.5 Å². The fraction of sp³-hybridized carbons (Fsp3) is 1.00. The zero-order valence-corrected chi connectivity index (χ0v) is 9.26. The van der Waals surface area contributed by atoms with Gasteiger partial charge in [-0.05, 0) is 0 Å². The number of hydrogen-bond donors (Lipinski definition) is 0. The van der Waals surface area contributed by atoms with Gasteiger partial charge in [-0.2, -0.15) is 39.3 Å². The molecule has 0 unspecified atom stereocenters. The van der Waals surface area contributed by atoms with Gasteiger partial charge in [0.2, 0.25) is 0 Å². The first-order valence-corrected chi connectivity index (χ1v) is 3.40. The van der Waals surface area contributed by atoms with E-state index in [9.17, 15) is 0 Å². The van der Waals surface area contributed by atoms with Gasteiger partial charge in [0.05, 0.1) is 0 Å². The molecule has 1 fully saturated rings. The maximum Gasteiger partial charge on any atom is 2.00 e. The van der Waals surface area contributed by atoms with Crippen LogP contribution in [0.5, 0.6) is 0 Å². The molecule has 1 heterocycles. The van der Waals surface area contributed by atoms with E-state index >= 15 is 0 Å². The third-order valence-corrected chi connectivity index (χ3v) is 1.25. The monoisotopic (exact) mass is 190 g/mol. The molecule has 1 aliphatic heterocycles. The Labute approximate surface area is 75.1 Å². The van der Waals surface area contributed by atoms with Gasteiger partial charge in [0.15, 0.2) is 0 Å². The second-order valence-electron chi connectivity index (χ2n) is 2.01. The van der Waals surface area contributed by atoms with Crippen LogP contribution in [0.2, 0.25) is 0 Å². The van der Waals surface area contributed by atoms with Gasteiger partial charge in [-0.3, -0.25) is 0 Å². The summed E-state index contributed by atoms with van der Waals surface area (Å²) < 4.78 is 0. The standard InChI is InChI=1S/C6H12N3.Zn/c1-2-8-5-6-9-4-3-7-1;/h1-6H2;/q-3;+2. The average molecular weight is 192 g/mol. The summed E-state index contributed by atoms with van der Waals surface area (Å²) in [5.74, 6) is 0. The van der Waals surface area contributed by atoms with Crippen molar-refractivity contribution in [2.45, 2.75) is 0 Å². The van der Waals surface area contributed by atoms with Gasteiger partial charge in [-0.1, -0.05) is 0 Å². The molecule has 0 saturated carbocycles. The first kappa shape index (κ1) is 10.5. The van der Waals surface area contributed by atoms with Crippen LogP contribution in [0.25, 0.3) is 16.0 Å². The minimum absolute atomic E-state index is 0. The van der Waals surface area contributed by atoms with Crippen LogP contribution in [0.3, 0.4) is 0 Å². The van der Waals surface area contributed by atoms with E-state index in [2.05, 4.69) is 16.0 Å². The van der Waals surface area contributed by atoms with Crippen molar-refractivity contribution in [1.82, 2.24) is 0 Å². The van der Waals surface area contributed by atoms with E-state index in [4.69, 9.17) is 0 Å². The van der Waals surface area contributed by atoms with Gasteiger partial charge in [0.1, 0.15) is 0 Å². The van der Waals surface area contributed by atoms with Crippen LogP contribution < -0.4 is 0 Å². The summed E-state index contributed by atoms with van der Waals surface area (Å²) in [7, 11) is 0. The van der Waals surface area contributed by atoms with E-state index in [0.717, 1.165) is 39.3 Å². The van der Waals surface area contributed by atoms with Crippen molar-refractivity contribution >= 4 is 0 Å². The van der Waals surface area contributed by atoms with E-state index in [1.54, 1.807) is 0 Å². The molecule has 0 aliphatic carbocycles. The predicted molar refractivity (Wildman–Crippen MR) is 39.3 cm³/mol. The normalized spacial score (nSPS) is 21.6. The molecule has 1 rings (SSSR count). The molecule has 0 amide bonds. The predicted octanol–water partition coefficient (Wildman–Crippen LogP) is 1.12. The largest absolute Gasteiger partial charge is 2.00 e. The quantitative estimate of drug-likeness (QED) is 0.515. The SMILES string of the molecule is C1C[N-]CC[N-]CC[N-]1.[Zn+2]. The van der Waals surface area contributed by atoms with Crippen molar-refractivity contribution in [3.63, 3.8) is 0 Å². The van der Waals surface area contributed by atoms with Gasteiger partial charge in [0.25, 0.3) is 0 Å². The minimum Gasteiger partial charge on any atom is -0.665 e. The van der Waals surface area contributed by atoms with Crippen LogP contribution in [0.4, 0.5) is 0 Å². The van der Waals surface area contributed by atoms with Crippen molar-refractivity contribution in [3.05, 3.63) is 16.0 Å². The second-order valence-corrected chi connectivity index (χ2v) is 2.01. The van der Waals surface area contributed by atoms with Crippen LogP contribution in [0.1, 0.15) is 0 Å². The summed E-state index contributed by atoms with van der Waals surface area (Å²) >= 11 is 0. The topological polar surface area (TPSA) is 42.3 Å². The molecule has 4 heteroatoms. The van der Waals surface area contributed by atoms with Gasteiger partial charge in [-0.15, -0.1) is 0 Å². The molecule has 54 valence electrons. The Morgan fingerprint density at radius 3 is 0.900 bits per heavy atom. The zero-order valence-electron chi connectivity index (χ0n) is 6.29. The summed E-state index contributed by atoms with van der Waals surface area (Å²) in [6, 6.07) is 0. The molecule has 0 aromatic heterocycles. The molecule has 0 atom stereocenters. The fourth-order valence-electron chi connectivity index (χ4n) is 0.760.